The molecule has 0 amide bonds. The van der Waals surface area contributed by atoms with Gasteiger partial charge in [0.15, 0.2) is 28.8 Å². The van der Waals surface area contributed by atoms with E-state index in [1.165, 1.54) is 16.7 Å². The van der Waals surface area contributed by atoms with E-state index in [1.807, 2.05) is 0 Å². The van der Waals surface area contributed by atoms with Crippen LogP contribution in [0.3, 0.4) is 0 Å². The average Bonchev–Trinajstić information content (AvgIpc) is 3.45. The van der Waals surface area contributed by atoms with Crippen LogP contribution in [-0.2, 0) is 21.7 Å². The lowest BCUT2D eigenvalue weighted by atomic mass is 9.44. The fourth-order valence-electron chi connectivity index (χ4n) is 11.8. The predicted octanol–water partition coefficient (Wildman–Crippen LogP) is 10.9. The molecule has 2 aromatic rings. The molecule has 6 heteroatoms. The normalized spacial score (nSPS) is 35.5. The van der Waals surface area contributed by atoms with Crippen molar-refractivity contribution in [3.63, 3.8) is 0 Å². The molecule has 6 nitrogen and oxygen atoms in total. The van der Waals surface area contributed by atoms with Gasteiger partial charge in [0.1, 0.15) is 40.2 Å². The van der Waals surface area contributed by atoms with Crippen molar-refractivity contribution < 1.29 is 18.9 Å². The maximum Gasteiger partial charge on any atom is 0.189 e. The van der Waals surface area contributed by atoms with E-state index < -0.39 is 11.2 Å². The summed E-state index contributed by atoms with van der Waals surface area (Å²) in [5.74, 6) is 4.15. The summed E-state index contributed by atoms with van der Waals surface area (Å²) in [5.41, 5.74) is 5.29. The van der Waals surface area contributed by atoms with Gasteiger partial charge in [-0.1, -0.05) is 74.8 Å². The first-order chi connectivity index (χ1) is 23.9. The molecule has 268 valence electrons. The molecule has 4 aliphatic carbocycles. The number of hydrogen-bond acceptors (Lipinski definition) is 6. The minimum Gasteiger partial charge on any atom is -0.480 e. The molecule has 0 radical (unpaired) electrons. The second kappa shape index (κ2) is 10.2. The summed E-state index contributed by atoms with van der Waals surface area (Å²) >= 11 is 0. The second-order valence-electron chi connectivity index (χ2n) is 18.6. The number of ether oxygens (including phenoxy) is 4. The minimum absolute atomic E-state index is 0.0300. The molecule has 1 fully saturated rings. The molecule has 2 aromatic carbocycles. The summed E-state index contributed by atoms with van der Waals surface area (Å²) in [6.07, 6.45) is 8.32. The highest BCUT2D eigenvalue weighted by atomic mass is 16.6. The van der Waals surface area contributed by atoms with Gasteiger partial charge < -0.3 is 18.9 Å². The van der Waals surface area contributed by atoms with Crippen LogP contribution in [0.2, 0.25) is 0 Å². The maximum atomic E-state index is 10.7. The Bertz CT molecular complexity index is 2090. The van der Waals surface area contributed by atoms with E-state index in [4.69, 9.17) is 18.9 Å². The quantitative estimate of drug-likeness (QED) is 0.318. The molecule has 0 saturated heterocycles. The van der Waals surface area contributed by atoms with Gasteiger partial charge in [0.2, 0.25) is 0 Å². The molecule has 0 bridgehead atoms. The topological polar surface area (TPSA) is 84.5 Å². The van der Waals surface area contributed by atoms with Crippen molar-refractivity contribution in [1.82, 2.24) is 0 Å². The summed E-state index contributed by atoms with van der Waals surface area (Å²) in [7, 11) is 0. The van der Waals surface area contributed by atoms with Crippen LogP contribution in [-0.4, -0.2) is 11.2 Å². The highest BCUT2D eigenvalue weighted by Gasteiger charge is 2.63. The molecule has 51 heavy (non-hydrogen) atoms. The largest absolute Gasteiger partial charge is 0.480 e. The summed E-state index contributed by atoms with van der Waals surface area (Å²) in [5, 5.41) is 21.3. The van der Waals surface area contributed by atoms with Crippen molar-refractivity contribution in [3.05, 3.63) is 68.7 Å². The Morgan fingerprint density at radius 2 is 1.20 bits per heavy atom. The smallest absolute Gasteiger partial charge is 0.189 e. The van der Waals surface area contributed by atoms with Gasteiger partial charge in [0, 0.05) is 22.7 Å². The van der Waals surface area contributed by atoms with Gasteiger partial charge in [0.25, 0.3) is 0 Å². The number of nitriles is 2. The zero-order chi connectivity index (χ0) is 36.9. The zero-order valence-electron chi connectivity index (χ0n) is 32.8. The minimum atomic E-state index is -0.448. The van der Waals surface area contributed by atoms with Gasteiger partial charge in [-0.15, -0.1) is 0 Å². The van der Waals surface area contributed by atoms with Crippen LogP contribution in [0.25, 0.3) is 0 Å². The second-order valence-corrected chi connectivity index (χ2v) is 18.6. The number of benzene rings is 2. The highest BCUT2D eigenvalue weighted by Crippen LogP contribution is 2.70. The molecule has 6 unspecified atom stereocenters. The number of allylic oxidation sites excluding steroid dienone is 3. The van der Waals surface area contributed by atoms with Crippen LogP contribution in [0.1, 0.15) is 161 Å². The van der Waals surface area contributed by atoms with Gasteiger partial charge in [-0.05, 0) is 110 Å². The SMILES string of the molecule is CCC1(C)Oc2cc3c(cc2OC1(C)CC)C1(CC3(C)C)CC(C)(C)C2CC3=C(C=C21)Oc1c(C#N)c2c(c(C#N)c1O3)C(C)(CC)C2(C)CC. The Morgan fingerprint density at radius 3 is 1.69 bits per heavy atom. The van der Waals surface area contributed by atoms with Gasteiger partial charge in [0.05, 0.1) is 0 Å². The number of hydrogen-bond donors (Lipinski definition) is 0. The Labute approximate surface area is 304 Å². The zero-order valence-corrected chi connectivity index (χ0v) is 32.8. The fourth-order valence-corrected chi connectivity index (χ4v) is 11.8. The van der Waals surface area contributed by atoms with E-state index in [0.717, 1.165) is 66.9 Å². The Balaban J connectivity index is 1.29. The van der Waals surface area contributed by atoms with Crippen LogP contribution in [0, 0.1) is 34.0 Å². The van der Waals surface area contributed by atoms with Crippen molar-refractivity contribution in [2.24, 2.45) is 11.3 Å². The molecule has 6 atom stereocenters. The lowest BCUT2D eigenvalue weighted by molar-refractivity contribution is -0.125. The number of rotatable bonds is 4. The summed E-state index contributed by atoms with van der Waals surface area (Å²) in [6.45, 7) is 27.1. The van der Waals surface area contributed by atoms with E-state index in [9.17, 15) is 10.5 Å². The standard InChI is InChI=1S/C45H54N2O4/c1-13-41(9)35-25(21-46)37-38(26(22-47)36(35)42(41,10)14-2)49-32-19-29-27(17-31(32)48-37)39(5,6)23-45(29)24-40(7,8)28-18-33-34(20-30(28)45)51-44(12,16-4)43(11,15-3)50-33/h18-20,27H,13-17,23-24H2,1-12H3. The van der Waals surface area contributed by atoms with Crippen LogP contribution in [0.4, 0.5) is 0 Å². The number of nitrogens with zero attached hydrogens (tertiary/aromatic N) is 2. The fraction of sp³-hybridized carbons (Fsp3) is 0.600. The molecule has 2 heterocycles. The molecule has 0 aromatic heterocycles. The van der Waals surface area contributed by atoms with E-state index in [-0.39, 0.29) is 33.0 Å². The van der Waals surface area contributed by atoms with Crippen LogP contribution >= 0.6 is 0 Å². The van der Waals surface area contributed by atoms with E-state index >= 15 is 0 Å². The lowest BCUT2D eigenvalue weighted by Crippen LogP contribution is -2.59. The molecular weight excluding hydrogens is 633 g/mol. The van der Waals surface area contributed by atoms with Crippen molar-refractivity contribution in [3.8, 4) is 35.1 Å². The van der Waals surface area contributed by atoms with Crippen molar-refractivity contribution in [2.45, 2.75) is 161 Å². The monoisotopic (exact) mass is 686 g/mol. The first-order valence-corrected chi connectivity index (χ1v) is 19.3. The first kappa shape index (κ1) is 34.2. The van der Waals surface area contributed by atoms with E-state index in [1.54, 1.807) is 0 Å². The third-order valence-corrected chi connectivity index (χ3v) is 15.6. The molecule has 6 aliphatic rings. The average molecular weight is 687 g/mol. The molecule has 1 spiro atoms. The third-order valence-electron chi connectivity index (χ3n) is 15.6. The Kier molecular flexibility index (Phi) is 6.81. The van der Waals surface area contributed by atoms with Gasteiger partial charge in [-0.3, -0.25) is 0 Å². The van der Waals surface area contributed by atoms with Crippen molar-refractivity contribution >= 4 is 0 Å². The first-order valence-electron chi connectivity index (χ1n) is 19.3. The van der Waals surface area contributed by atoms with Crippen molar-refractivity contribution in [1.29, 1.82) is 10.5 Å². The summed E-state index contributed by atoms with van der Waals surface area (Å²) in [4.78, 5) is 0. The number of fused-ring (bicyclic) bond motifs is 7. The van der Waals surface area contributed by atoms with Gasteiger partial charge in [-0.25, -0.2) is 0 Å². The lowest BCUT2D eigenvalue weighted by Gasteiger charge is -2.58. The van der Waals surface area contributed by atoms with E-state index in [0.29, 0.717) is 34.8 Å². The van der Waals surface area contributed by atoms with Crippen molar-refractivity contribution in [2.75, 3.05) is 0 Å². The summed E-state index contributed by atoms with van der Waals surface area (Å²) < 4.78 is 27.5. The van der Waals surface area contributed by atoms with Gasteiger partial charge >= 0.3 is 0 Å². The van der Waals surface area contributed by atoms with Crippen LogP contribution in [0.5, 0.6) is 23.0 Å². The Hall–Kier alpha value is -3.90. The molecular formula is C45H54N2O4. The molecule has 0 N–H and O–H groups in total. The molecule has 8 rings (SSSR count). The van der Waals surface area contributed by atoms with Gasteiger partial charge in [-0.2, -0.15) is 10.5 Å². The maximum absolute atomic E-state index is 10.7. The predicted molar refractivity (Wildman–Crippen MR) is 198 cm³/mol. The van der Waals surface area contributed by atoms with E-state index in [2.05, 4.69) is 113 Å². The van der Waals surface area contributed by atoms with Crippen LogP contribution < -0.4 is 18.9 Å². The van der Waals surface area contributed by atoms with Crippen LogP contribution in [0.15, 0.2) is 35.3 Å². The highest BCUT2D eigenvalue weighted by molar-refractivity contribution is 5.77. The third kappa shape index (κ3) is 3.88. The Morgan fingerprint density at radius 1 is 0.686 bits per heavy atom. The molecule has 2 aliphatic heterocycles. The molecule has 1 saturated carbocycles. The summed E-state index contributed by atoms with van der Waals surface area (Å²) in [6, 6.07) is 9.61.